The van der Waals surface area contributed by atoms with Gasteiger partial charge in [-0.05, 0) is 30.4 Å². The molecule has 2 atom stereocenters. The maximum absolute atomic E-state index is 10.8. The zero-order valence-electron chi connectivity index (χ0n) is 10.1. The molecule has 0 spiro atoms. The number of hydrogen-bond acceptors (Lipinski definition) is 2. The monoisotopic (exact) mass is 343 g/mol. The Balaban J connectivity index is 3.19. The van der Waals surface area contributed by atoms with Gasteiger partial charge in [0.1, 0.15) is 6.04 Å². The van der Waals surface area contributed by atoms with Crippen molar-refractivity contribution >= 4 is 52.4 Å². The summed E-state index contributed by atoms with van der Waals surface area (Å²) < 4.78 is 0. The number of carboxylic acids is 1. The van der Waals surface area contributed by atoms with Crippen LogP contribution in [0, 0.1) is 0 Å². The van der Waals surface area contributed by atoms with Crippen molar-refractivity contribution in [2.45, 2.75) is 31.7 Å². The van der Waals surface area contributed by atoms with E-state index in [1.54, 1.807) is 0 Å². The fourth-order valence-electron chi connectivity index (χ4n) is 1.85. The van der Waals surface area contributed by atoms with Crippen LogP contribution in [0.2, 0.25) is 20.1 Å². The molecule has 0 aliphatic rings. The summed E-state index contributed by atoms with van der Waals surface area (Å²) in [5.74, 6) is -1.26. The Morgan fingerprint density at radius 2 is 1.84 bits per heavy atom. The van der Waals surface area contributed by atoms with Gasteiger partial charge in [-0.3, -0.25) is 4.79 Å². The highest BCUT2D eigenvalue weighted by Gasteiger charge is 2.24. The molecule has 19 heavy (non-hydrogen) atoms. The first-order valence-electron chi connectivity index (χ1n) is 5.60. The molecule has 2 unspecified atom stereocenters. The van der Waals surface area contributed by atoms with E-state index in [4.69, 9.17) is 57.2 Å². The van der Waals surface area contributed by atoms with Gasteiger partial charge in [-0.1, -0.05) is 53.3 Å². The second-order valence-electron chi connectivity index (χ2n) is 4.17. The van der Waals surface area contributed by atoms with Crippen molar-refractivity contribution in [2.75, 3.05) is 0 Å². The van der Waals surface area contributed by atoms with E-state index in [2.05, 4.69) is 0 Å². The molecule has 0 aromatic heterocycles. The van der Waals surface area contributed by atoms with Crippen molar-refractivity contribution in [1.82, 2.24) is 0 Å². The lowest BCUT2D eigenvalue weighted by Crippen LogP contribution is -2.31. The van der Waals surface area contributed by atoms with Gasteiger partial charge in [0.05, 0.1) is 15.1 Å². The molecule has 0 saturated heterocycles. The number of halogens is 4. The molecular formula is C12H13Cl4NO2. The first-order chi connectivity index (χ1) is 8.79. The molecule has 0 radical (unpaired) electrons. The molecule has 0 aliphatic carbocycles. The summed E-state index contributed by atoms with van der Waals surface area (Å²) in [5, 5.41) is 9.97. The van der Waals surface area contributed by atoms with Crippen molar-refractivity contribution in [1.29, 1.82) is 0 Å². The summed E-state index contributed by atoms with van der Waals surface area (Å²) in [6.45, 7) is 1.90. The quantitative estimate of drug-likeness (QED) is 0.606. The van der Waals surface area contributed by atoms with Crippen molar-refractivity contribution in [3.8, 4) is 0 Å². The fourth-order valence-corrected chi connectivity index (χ4v) is 3.08. The van der Waals surface area contributed by atoms with E-state index in [1.165, 1.54) is 6.07 Å². The van der Waals surface area contributed by atoms with Crippen LogP contribution in [0.3, 0.4) is 0 Å². The molecule has 1 rings (SSSR count). The number of rotatable bonds is 5. The van der Waals surface area contributed by atoms with E-state index < -0.39 is 12.0 Å². The van der Waals surface area contributed by atoms with Gasteiger partial charge in [-0.2, -0.15) is 0 Å². The van der Waals surface area contributed by atoms with Crippen LogP contribution < -0.4 is 5.73 Å². The van der Waals surface area contributed by atoms with Crippen molar-refractivity contribution in [3.63, 3.8) is 0 Å². The number of benzene rings is 1. The third-order valence-corrected chi connectivity index (χ3v) is 4.50. The lowest BCUT2D eigenvalue weighted by atomic mass is 9.90. The summed E-state index contributed by atoms with van der Waals surface area (Å²) in [6.07, 6.45) is 0.863. The fraction of sp³-hybridized carbons (Fsp3) is 0.417. The molecule has 1 aromatic carbocycles. The van der Waals surface area contributed by atoms with E-state index in [-0.39, 0.29) is 27.4 Å². The van der Waals surface area contributed by atoms with Crippen LogP contribution in [0.4, 0.5) is 0 Å². The number of aliphatic carboxylic acids is 1. The summed E-state index contributed by atoms with van der Waals surface area (Å²) in [7, 11) is 0. The molecule has 0 saturated carbocycles. The first kappa shape index (κ1) is 16.9. The molecule has 0 amide bonds. The van der Waals surface area contributed by atoms with Crippen LogP contribution in [-0.2, 0) is 4.79 Å². The zero-order chi connectivity index (χ0) is 14.7. The van der Waals surface area contributed by atoms with Crippen LogP contribution in [0.1, 0.15) is 31.2 Å². The smallest absolute Gasteiger partial charge is 0.320 e. The van der Waals surface area contributed by atoms with E-state index in [0.717, 1.165) is 0 Å². The number of hydrogen-bond donors (Lipinski definition) is 2. The van der Waals surface area contributed by atoms with Crippen LogP contribution in [0.5, 0.6) is 0 Å². The van der Waals surface area contributed by atoms with E-state index in [1.807, 2.05) is 6.92 Å². The summed E-state index contributed by atoms with van der Waals surface area (Å²) in [6, 6.07) is 0.522. The van der Waals surface area contributed by atoms with Gasteiger partial charge < -0.3 is 10.8 Å². The molecule has 1 aromatic rings. The van der Waals surface area contributed by atoms with Gasteiger partial charge in [0, 0.05) is 5.02 Å². The average Bonchev–Trinajstić information content (AvgIpc) is 2.34. The van der Waals surface area contributed by atoms with Crippen LogP contribution >= 0.6 is 46.4 Å². The average molecular weight is 345 g/mol. The standard InChI is InChI=1S/C12H13Cl4NO2/c1-2-5(3-8(17)12(18)19)9-6(13)4-7(14)10(15)11(9)16/h4-5,8H,2-3,17H2,1H3,(H,18,19). The topological polar surface area (TPSA) is 63.3 Å². The Morgan fingerprint density at radius 3 is 2.32 bits per heavy atom. The molecule has 3 nitrogen and oxygen atoms in total. The van der Waals surface area contributed by atoms with Crippen LogP contribution in [-0.4, -0.2) is 17.1 Å². The molecular weight excluding hydrogens is 332 g/mol. The molecule has 3 N–H and O–H groups in total. The Labute approximate surface area is 131 Å². The summed E-state index contributed by atoms with van der Waals surface area (Å²) in [5.41, 5.74) is 6.15. The first-order valence-corrected chi connectivity index (χ1v) is 7.12. The van der Waals surface area contributed by atoms with Crippen molar-refractivity contribution in [2.24, 2.45) is 5.73 Å². The van der Waals surface area contributed by atoms with Crippen molar-refractivity contribution in [3.05, 3.63) is 31.7 Å². The zero-order valence-corrected chi connectivity index (χ0v) is 13.1. The number of carboxylic acid groups (broad SMARTS) is 1. The second kappa shape index (κ2) is 7.00. The van der Waals surface area contributed by atoms with Crippen LogP contribution in [0.15, 0.2) is 6.07 Å². The maximum Gasteiger partial charge on any atom is 0.320 e. The van der Waals surface area contributed by atoms with E-state index >= 15 is 0 Å². The molecule has 0 bridgehead atoms. The minimum absolute atomic E-state index is 0.194. The van der Waals surface area contributed by atoms with Gasteiger partial charge in [-0.15, -0.1) is 0 Å². The highest BCUT2D eigenvalue weighted by Crippen LogP contribution is 2.43. The Morgan fingerprint density at radius 1 is 1.26 bits per heavy atom. The van der Waals surface area contributed by atoms with E-state index in [0.29, 0.717) is 17.0 Å². The Kier molecular flexibility index (Phi) is 6.21. The minimum Gasteiger partial charge on any atom is -0.480 e. The minimum atomic E-state index is -1.06. The Bertz CT molecular complexity index is 493. The predicted molar refractivity (Wildman–Crippen MR) is 79.7 cm³/mol. The van der Waals surface area contributed by atoms with Crippen molar-refractivity contribution < 1.29 is 9.90 Å². The summed E-state index contributed by atoms with van der Waals surface area (Å²) in [4.78, 5) is 10.8. The number of carbonyl (C=O) groups is 1. The second-order valence-corrected chi connectivity index (χ2v) is 5.74. The largest absolute Gasteiger partial charge is 0.480 e. The molecule has 0 aliphatic heterocycles. The van der Waals surface area contributed by atoms with Gasteiger partial charge in [0.2, 0.25) is 0 Å². The normalized spacial score (nSPS) is 14.2. The predicted octanol–water partition coefficient (Wildman–Crippen LogP) is 4.60. The lowest BCUT2D eigenvalue weighted by molar-refractivity contribution is -0.138. The lowest BCUT2D eigenvalue weighted by Gasteiger charge is -2.21. The van der Waals surface area contributed by atoms with Gasteiger partial charge in [0.15, 0.2) is 0 Å². The molecule has 7 heteroatoms. The number of nitrogens with two attached hydrogens (primary N) is 1. The highest BCUT2D eigenvalue weighted by molar-refractivity contribution is 6.49. The van der Waals surface area contributed by atoms with Gasteiger partial charge in [-0.25, -0.2) is 0 Å². The van der Waals surface area contributed by atoms with Gasteiger partial charge in [0.25, 0.3) is 0 Å². The van der Waals surface area contributed by atoms with Crippen LogP contribution in [0.25, 0.3) is 0 Å². The summed E-state index contributed by atoms with van der Waals surface area (Å²) >= 11 is 24.1. The third-order valence-electron chi connectivity index (χ3n) is 2.91. The SMILES string of the molecule is CCC(CC(N)C(=O)O)c1c(Cl)cc(Cl)c(Cl)c1Cl. The molecule has 0 heterocycles. The van der Waals surface area contributed by atoms with E-state index in [9.17, 15) is 4.79 Å². The Hall–Kier alpha value is -0.190. The molecule has 0 fully saturated rings. The van der Waals surface area contributed by atoms with Gasteiger partial charge >= 0.3 is 5.97 Å². The molecule has 106 valence electrons. The highest BCUT2D eigenvalue weighted by atomic mass is 35.5. The maximum atomic E-state index is 10.8. The third kappa shape index (κ3) is 3.89.